The molecule has 0 fully saturated rings. The van der Waals surface area contributed by atoms with Gasteiger partial charge in [-0.15, -0.1) is 0 Å². The van der Waals surface area contributed by atoms with E-state index in [-0.39, 0.29) is 0 Å². The number of allylic oxidation sites excluding steroid dienone is 5. The molecule has 0 N–H and O–H groups in total. The molecule has 2 aliphatic rings. The first-order valence-electron chi connectivity index (χ1n) is 7.39. The van der Waals surface area contributed by atoms with E-state index < -0.39 is 0 Å². The van der Waals surface area contributed by atoms with Gasteiger partial charge in [0, 0.05) is 0 Å². The lowest BCUT2D eigenvalue weighted by atomic mass is 9.83. The third-order valence-corrected chi connectivity index (χ3v) is 3.49. The third kappa shape index (κ3) is 4.73. The Hall–Kier alpha value is -1.76. The summed E-state index contributed by atoms with van der Waals surface area (Å²) in [4.78, 5) is 0. The SMILES string of the molecule is C1=COCCC1.CC1(C)C=CC(c2ccccc2)=CC1. The van der Waals surface area contributed by atoms with Crippen LogP contribution >= 0.6 is 0 Å². The van der Waals surface area contributed by atoms with E-state index in [1.165, 1.54) is 24.0 Å². The van der Waals surface area contributed by atoms with Crippen LogP contribution in [0.5, 0.6) is 0 Å². The fourth-order valence-corrected chi connectivity index (χ4v) is 2.16. The summed E-state index contributed by atoms with van der Waals surface area (Å²) in [6.45, 7) is 5.44. The Morgan fingerprint density at radius 1 is 1.10 bits per heavy atom. The number of rotatable bonds is 1. The number of hydrogen-bond donors (Lipinski definition) is 0. The molecule has 1 nitrogen and oxygen atoms in total. The van der Waals surface area contributed by atoms with Crippen molar-refractivity contribution in [2.45, 2.75) is 33.1 Å². The van der Waals surface area contributed by atoms with Gasteiger partial charge in [-0.3, -0.25) is 0 Å². The average molecular weight is 268 g/mol. The molecule has 1 aromatic rings. The van der Waals surface area contributed by atoms with E-state index in [1.807, 2.05) is 6.08 Å². The van der Waals surface area contributed by atoms with Gasteiger partial charge in [0.2, 0.25) is 0 Å². The zero-order chi connectivity index (χ0) is 14.3. The average Bonchev–Trinajstić information content (AvgIpc) is 2.50. The Balaban J connectivity index is 0.000000205. The predicted molar refractivity (Wildman–Crippen MR) is 86.3 cm³/mol. The molecule has 1 heterocycles. The van der Waals surface area contributed by atoms with E-state index in [1.54, 1.807) is 6.26 Å². The normalized spacial score (nSPS) is 19.4. The van der Waals surface area contributed by atoms with Crippen molar-refractivity contribution in [3.63, 3.8) is 0 Å². The number of hydrogen-bond acceptors (Lipinski definition) is 1. The summed E-state index contributed by atoms with van der Waals surface area (Å²) in [7, 11) is 0. The second-order valence-corrected chi connectivity index (χ2v) is 5.94. The molecule has 20 heavy (non-hydrogen) atoms. The van der Waals surface area contributed by atoms with E-state index >= 15 is 0 Å². The van der Waals surface area contributed by atoms with Crippen molar-refractivity contribution in [2.24, 2.45) is 5.41 Å². The van der Waals surface area contributed by atoms with Gasteiger partial charge < -0.3 is 4.74 Å². The summed E-state index contributed by atoms with van der Waals surface area (Å²) in [6, 6.07) is 10.6. The van der Waals surface area contributed by atoms with E-state index in [0.717, 1.165) is 13.0 Å². The second-order valence-electron chi connectivity index (χ2n) is 5.94. The Morgan fingerprint density at radius 2 is 1.90 bits per heavy atom. The van der Waals surface area contributed by atoms with Gasteiger partial charge in [-0.25, -0.2) is 0 Å². The van der Waals surface area contributed by atoms with Crippen molar-refractivity contribution in [1.29, 1.82) is 0 Å². The Kier molecular flexibility index (Phi) is 5.23. The maximum Gasteiger partial charge on any atom is 0.0876 e. The van der Waals surface area contributed by atoms with E-state index in [9.17, 15) is 0 Å². The molecule has 0 unspecified atom stereocenters. The molecule has 0 aromatic heterocycles. The Bertz CT molecular complexity index is 484. The highest BCUT2D eigenvalue weighted by molar-refractivity contribution is 5.75. The van der Waals surface area contributed by atoms with Crippen molar-refractivity contribution in [1.82, 2.24) is 0 Å². The number of ether oxygens (including phenoxy) is 1. The minimum atomic E-state index is 0.332. The monoisotopic (exact) mass is 268 g/mol. The highest BCUT2D eigenvalue weighted by atomic mass is 16.5. The van der Waals surface area contributed by atoms with Gasteiger partial charge in [0.25, 0.3) is 0 Å². The van der Waals surface area contributed by atoms with Gasteiger partial charge in [0.1, 0.15) is 0 Å². The van der Waals surface area contributed by atoms with E-state index in [2.05, 4.69) is 62.4 Å². The van der Waals surface area contributed by atoms with Gasteiger partial charge in [0.05, 0.1) is 12.9 Å². The molecular formula is C19H24O. The first kappa shape index (κ1) is 14.6. The van der Waals surface area contributed by atoms with Crippen molar-refractivity contribution in [3.05, 3.63) is 66.5 Å². The summed E-state index contributed by atoms with van der Waals surface area (Å²) in [5, 5.41) is 0. The first-order chi connectivity index (χ1) is 9.67. The molecule has 0 radical (unpaired) electrons. The van der Waals surface area contributed by atoms with Crippen LogP contribution in [0.25, 0.3) is 5.57 Å². The van der Waals surface area contributed by atoms with Crippen molar-refractivity contribution in [3.8, 4) is 0 Å². The summed E-state index contributed by atoms with van der Waals surface area (Å²) in [6.07, 6.45) is 14.2. The van der Waals surface area contributed by atoms with Gasteiger partial charge in [-0.05, 0) is 41.9 Å². The molecule has 3 rings (SSSR count). The lowest BCUT2D eigenvalue weighted by Crippen LogP contribution is -2.08. The molecular weight excluding hydrogens is 244 g/mol. The molecule has 1 aliphatic heterocycles. The molecule has 0 spiro atoms. The largest absolute Gasteiger partial charge is 0.502 e. The fraction of sp³-hybridized carbons (Fsp3) is 0.368. The summed E-state index contributed by atoms with van der Waals surface area (Å²) < 4.78 is 4.89. The van der Waals surface area contributed by atoms with Crippen LogP contribution in [0, 0.1) is 5.41 Å². The van der Waals surface area contributed by atoms with Crippen LogP contribution in [0.15, 0.2) is 60.9 Å². The van der Waals surface area contributed by atoms with Crippen LogP contribution in [0.4, 0.5) is 0 Å². The molecule has 0 saturated carbocycles. The van der Waals surface area contributed by atoms with Gasteiger partial charge >= 0.3 is 0 Å². The molecule has 106 valence electrons. The van der Waals surface area contributed by atoms with Gasteiger partial charge in [-0.2, -0.15) is 0 Å². The third-order valence-electron chi connectivity index (χ3n) is 3.49. The number of benzene rings is 1. The minimum absolute atomic E-state index is 0.332. The van der Waals surface area contributed by atoms with Crippen LogP contribution in [0.3, 0.4) is 0 Å². The van der Waals surface area contributed by atoms with Crippen LogP contribution < -0.4 is 0 Å². The van der Waals surface area contributed by atoms with Crippen molar-refractivity contribution in [2.75, 3.05) is 6.61 Å². The highest BCUT2D eigenvalue weighted by Crippen LogP contribution is 2.31. The predicted octanol–water partition coefficient (Wildman–Crippen LogP) is 5.37. The van der Waals surface area contributed by atoms with Crippen LogP contribution in [-0.2, 0) is 4.74 Å². The zero-order valence-corrected chi connectivity index (χ0v) is 12.5. The highest BCUT2D eigenvalue weighted by Gasteiger charge is 2.16. The second kappa shape index (κ2) is 7.14. The topological polar surface area (TPSA) is 9.23 Å². The summed E-state index contributed by atoms with van der Waals surface area (Å²) >= 11 is 0. The molecule has 1 aromatic carbocycles. The molecule has 1 aliphatic carbocycles. The fourth-order valence-electron chi connectivity index (χ4n) is 2.16. The van der Waals surface area contributed by atoms with Gasteiger partial charge in [-0.1, -0.05) is 62.4 Å². The van der Waals surface area contributed by atoms with Gasteiger partial charge in [0.15, 0.2) is 0 Å². The standard InChI is InChI=1S/C14H16.C5H8O/c1-14(2)10-8-13(9-11-14)12-6-4-3-5-7-12;1-2-4-6-5-3-1/h3-10H,11H2,1-2H3;2,4H,1,3,5H2. The smallest absolute Gasteiger partial charge is 0.0876 e. The quantitative estimate of drug-likeness (QED) is 0.665. The van der Waals surface area contributed by atoms with Crippen molar-refractivity contribution < 1.29 is 4.74 Å². The van der Waals surface area contributed by atoms with Crippen LogP contribution in [-0.4, -0.2) is 6.61 Å². The Labute approximate surface area is 122 Å². The molecule has 0 atom stereocenters. The summed E-state index contributed by atoms with van der Waals surface area (Å²) in [5.74, 6) is 0. The van der Waals surface area contributed by atoms with E-state index in [0.29, 0.717) is 5.41 Å². The molecule has 0 amide bonds. The molecule has 0 saturated heterocycles. The van der Waals surface area contributed by atoms with Crippen LogP contribution in [0.1, 0.15) is 38.7 Å². The first-order valence-corrected chi connectivity index (χ1v) is 7.39. The Morgan fingerprint density at radius 3 is 2.35 bits per heavy atom. The maximum absolute atomic E-state index is 4.89. The lowest BCUT2D eigenvalue weighted by Gasteiger charge is -2.22. The minimum Gasteiger partial charge on any atom is -0.502 e. The summed E-state index contributed by atoms with van der Waals surface area (Å²) in [5.41, 5.74) is 3.00. The lowest BCUT2D eigenvalue weighted by molar-refractivity contribution is 0.231. The van der Waals surface area contributed by atoms with E-state index in [4.69, 9.17) is 4.74 Å². The molecule has 1 heteroatoms. The molecule has 0 bridgehead atoms. The van der Waals surface area contributed by atoms with Crippen molar-refractivity contribution >= 4 is 5.57 Å². The van der Waals surface area contributed by atoms with Crippen LogP contribution in [0.2, 0.25) is 0 Å². The maximum atomic E-state index is 4.89. The zero-order valence-electron chi connectivity index (χ0n) is 12.5.